The third-order valence-electron chi connectivity index (χ3n) is 4.31. The summed E-state index contributed by atoms with van der Waals surface area (Å²) in [4.78, 5) is 12.6. The van der Waals surface area contributed by atoms with Crippen LogP contribution in [0.3, 0.4) is 0 Å². The molecule has 0 aliphatic carbocycles. The van der Waals surface area contributed by atoms with Crippen LogP contribution in [0.15, 0.2) is 91.3 Å². The molecule has 0 spiro atoms. The zero-order valence-electron chi connectivity index (χ0n) is 15.6. The Balaban J connectivity index is 1.49. The Bertz CT molecular complexity index is 1120. The number of nitrogens with zero attached hydrogens (tertiary/aromatic N) is 4. The van der Waals surface area contributed by atoms with E-state index < -0.39 is 0 Å². The molecule has 6 heteroatoms. The number of tetrazole rings is 1. The average Bonchev–Trinajstić information content (AvgIpc) is 3.32. The summed E-state index contributed by atoms with van der Waals surface area (Å²) in [5.41, 5.74) is 3.20. The van der Waals surface area contributed by atoms with E-state index in [2.05, 4.69) is 15.5 Å². The molecule has 1 heterocycles. The molecule has 6 nitrogen and oxygen atoms in total. The summed E-state index contributed by atoms with van der Waals surface area (Å²) in [6.07, 6.45) is 4.80. The highest BCUT2D eigenvalue weighted by Gasteiger charge is 2.06. The number of rotatable bonds is 7. The molecular weight excluding hydrogens is 364 g/mol. The van der Waals surface area contributed by atoms with Crippen molar-refractivity contribution in [3.63, 3.8) is 0 Å². The van der Waals surface area contributed by atoms with Crippen LogP contribution in [-0.4, -0.2) is 26.0 Å². The van der Waals surface area contributed by atoms with E-state index in [1.165, 1.54) is 11.0 Å². The van der Waals surface area contributed by atoms with Crippen molar-refractivity contribution in [2.45, 2.75) is 6.61 Å². The molecule has 4 rings (SSSR count). The molecule has 0 radical (unpaired) electrons. The van der Waals surface area contributed by atoms with Crippen LogP contribution in [0.4, 0.5) is 0 Å². The lowest BCUT2D eigenvalue weighted by atomic mass is 10.1. The normalized spacial score (nSPS) is 10.9. The fraction of sp³-hybridized carbons (Fsp3) is 0.0435. The van der Waals surface area contributed by atoms with E-state index in [9.17, 15) is 4.79 Å². The minimum Gasteiger partial charge on any atom is -0.488 e. The summed E-state index contributed by atoms with van der Waals surface area (Å²) in [5.74, 6) is 0.612. The fourth-order valence-electron chi connectivity index (χ4n) is 2.83. The van der Waals surface area contributed by atoms with Gasteiger partial charge in [-0.3, -0.25) is 4.79 Å². The van der Waals surface area contributed by atoms with Crippen molar-refractivity contribution >= 4 is 11.9 Å². The summed E-state index contributed by atoms with van der Waals surface area (Å²) >= 11 is 0. The van der Waals surface area contributed by atoms with Crippen LogP contribution in [-0.2, 0) is 6.61 Å². The maximum atomic E-state index is 12.6. The van der Waals surface area contributed by atoms with Gasteiger partial charge in [0.1, 0.15) is 18.7 Å². The summed E-state index contributed by atoms with van der Waals surface area (Å²) in [6.45, 7) is 0.466. The van der Waals surface area contributed by atoms with Crippen LogP contribution < -0.4 is 4.74 Å². The zero-order chi connectivity index (χ0) is 19.9. The maximum Gasteiger partial charge on any atom is 0.185 e. The van der Waals surface area contributed by atoms with E-state index in [4.69, 9.17) is 4.74 Å². The predicted molar refractivity (Wildman–Crippen MR) is 110 cm³/mol. The second-order valence-electron chi connectivity index (χ2n) is 6.31. The van der Waals surface area contributed by atoms with Gasteiger partial charge in [0, 0.05) is 11.1 Å². The van der Waals surface area contributed by atoms with Gasteiger partial charge >= 0.3 is 0 Å². The van der Waals surface area contributed by atoms with Gasteiger partial charge in [0.25, 0.3) is 0 Å². The van der Waals surface area contributed by atoms with Crippen molar-refractivity contribution < 1.29 is 9.53 Å². The van der Waals surface area contributed by atoms with E-state index in [-0.39, 0.29) is 5.78 Å². The standard InChI is InChI=1S/C23H18N4O2/c28-22(20-10-6-11-21(15-20)27-17-24-25-26-27)14-13-19-9-4-5-12-23(19)29-16-18-7-2-1-3-8-18/h1-15,17H,16H2/b14-13+. The van der Waals surface area contributed by atoms with Crippen molar-refractivity contribution in [3.05, 3.63) is 108 Å². The first-order chi connectivity index (χ1) is 14.3. The third kappa shape index (κ3) is 4.62. The molecule has 0 unspecified atom stereocenters. The lowest BCUT2D eigenvalue weighted by Gasteiger charge is -2.09. The number of allylic oxidation sites excluding steroid dienone is 1. The molecule has 0 amide bonds. The van der Waals surface area contributed by atoms with E-state index in [0.29, 0.717) is 12.2 Å². The highest BCUT2D eigenvalue weighted by atomic mass is 16.5. The molecule has 0 saturated heterocycles. The van der Waals surface area contributed by atoms with Crippen LogP contribution in [0.5, 0.6) is 5.75 Å². The van der Waals surface area contributed by atoms with Crippen molar-refractivity contribution in [2.24, 2.45) is 0 Å². The first kappa shape index (κ1) is 18.3. The number of para-hydroxylation sites is 1. The average molecular weight is 382 g/mol. The first-order valence-electron chi connectivity index (χ1n) is 9.11. The summed E-state index contributed by atoms with van der Waals surface area (Å²) in [7, 11) is 0. The van der Waals surface area contributed by atoms with E-state index in [1.54, 1.807) is 30.4 Å². The van der Waals surface area contributed by atoms with E-state index in [1.807, 2.05) is 60.7 Å². The van der Waals surface area contributed by atoms with Gasteiger partial charge in [0.15, 0.2) is 5.78 Å². The third-order valence-corrected chi connectivity index (χ3v) is 4.31. The minimum atomic E-state index is -0.113. The highest BCUT2D eigenvalue weighted by Crippen LogP contribution is 2.21. The number of ketones is 1. The molecule has 29 heavy (non-hydrogen) atoms. The van der Waals surface area contributed by atoms with E-state index in [0.717, 1.165) is 22.6 Å². The molecular formula is C23H18N4O2. The van der Waals surface area contributed by atoms with Gasteiger partial charge in [-0.15, -0.1) is 5.10 Å². The second kappa shape index (κ2) is 8.75. The molecule has 0 fully saturated rings. The zero-order valence-corrected chi connectivity index (χ0v) is 15.6. The van der Waals surface area contributed by atoms with Crippen molar-refractivity contribution in [1.82, 2.24) is 20.2 Å². The molecule has 0 aliphatic rings. The van der Waals surface area contributed by atoms with Gasteiger partial charge < -0.3 is 4.74 Å². The fourth-order valence-corrected chi connectivity index (χ4v) is 2.83. The molecule has 142 valence electrons. The number of ether oxygens (including phenoxy) is 1. The van der Waals surface area contributed by atoms with Crippen LogP contribution in [0.2, 0.25) is 0 Å². The number of benzene rings is 3. The smallest absolute Gasteiger partial charge is 0.185 e. The molecule has 0 atom stereocenters. The molecule has 0 bridgehead atoms. The summed E-state index contributed by atoms with van der Waals surface area (Å²) < 4.78 is 7.45. The van der Waals surface area contributed by atoms with Crippen LogP contribution in [0, 0.1) is 0 Å². The van der Waals surface area contributed by atoms with Gasteiger partial charge in [0.05, 0.1) is 5.69 Å². The Labute approximate surface area is 168 Å². The van der Waals surface area contributed by atoms with Gasteiger partial charge in [-0.1, -0.05) is 60.7 Å². The summed E-state index contributed by atoms with van der Waals surface area (Å²) in [6, 6.07) is 24.7. The molecule has 0 aliphatic heterocycles. The minimum absolute atomic E-state index is 0.113. The number of hydrogen-bond donors (Lipinski definition) is 0. The lowest BCUT2D eigenvalue weighted by molar-refractivity contribution is 0.104. The Morgan fingerprint density at radius 3 is 2.62 bits per heavy atom. The highest BCUT2D eigenvalue weighted by molar-refractivity contribution is 6.07. The molecule has 0 N–H and O–H groups in total. The SMILES string of the molecule is O=C(/C=C/c1ccccc1OCc1ccccc1)c1cccc(-n2cnnn2)c1. The monoisotopic (exact) mass is 382 g/mol. The van der Waals surface area contributed by atoms with Gasteiger partial charge in [0.2, 0.25) is 0 Å². The van der Waals surface area contributed by atoms with Crippen LogP contribution in [0.25, 0.3) is 11.8 Å². The Morgan fingerprint density at radius 2 is 1.79 bits per heavy atom. The Morgan fingerprint density at radius 1 is 0.966 bits per heavy atom. The lowest BCUT2D eigenvalue weighted by Crippen LogP contribution is -2.00. The Hall–Kier alpha value is -4.06. The van der Waals surface area contributed by atoms with E-state index >= 15 is 0 Å². The number of carbonyl (C=O) groups excluding carboxylic acids is 1. The van der Waals surface area contributed by atoms with Crippen molar-refractivity contribution in [2.75, 3.05) is 0 Å². The second-order valence-corrected chi connectivity index (χ2v) is 6.31. The van der Waals surface area contributed by atoms with Crippen molar-refractivity contribution in [3.8, 4) is 11.4 Å². The van der Waals surface area contributed by atoms with Gasteiger partial charge in [-0.05, 0) is 46.3 Å². The maximum absolute atomic E-state index is 12.6. The molecule has 3 aromatic carbocycles. The largest absolute Gasteiger partial charge is 0.488 e. The van der Waals surface area contributed by atoms with Crippen LogP contribution in [0.1, 0.15) is 21.5 Å². The predicted octanol–water partition coefficient (Wildman–Crippen LogP) is 4.14. The summed E-state index contributed by atoms with van der Waals surface area (Å²) in [5, 5.41) is 11.1. The number of carbonyl (C=O) groups is 1. The first-order valence-corrected chi connectivity index (χ1v) is 9.11. The van der Waals surface area contributed by atoms with Gasteiger partial charge in [-0.25, -0.2) is 4.68 Å². The van der Waals surface area contributed by atoms with Crippen LogP contribution >= 0.6 is 0 Å². The molecule has 1 aromatic heterocycles. The topological polar surface area (TPSA) is 69.9 Å². The Kier molecular flexibility index (Phi) is 5.53. The molecule has 4 aromatic rings. The van der Waals surface area contributed by atoms with Gasteiger partial charge in [-0.2, -0.15) is 0 Å². The van der Waals surface area contributed by atoms with Crippen molar-refractivity contribution in [1.29, 1.82) is 0 Å². The molecule has 0 saturated carbocycles. The quantitative estimate of drug-likeness (QED) is 0.355. The number of aromatic nitrogens is 4. The number of hydrogen-bond acceptors (Lipinski definition) is 5.